The van der Waals surface area contributed by atoms with E-state index in [4.69, 9.17) is 0 Å². The number of hydrogen-bond acceptors (Lipinski definition) is 3. The van der Waals surface area contributed by atoms with Crippen molar-refractivity contribution < 1.29 is 9.59 Å². The maximum absolute atomic E-state index is 13.1. The molecule has 1 heterocycles. The molecule has 1 atom stereocenters. The van der Waals surface area contributed by atoms with Gasteiger partial charge < -0.3 is 5.32 Å². The lowest BCUT2D eigenvalue weighted by Gasteiger charge is -2.26. The first-order valence-corrected chi connectivity index (χ1v) is 12.8. The Kier molecular flexibility index (Phi) is 6.12. The van der Waals surface area contributed by atoms with Gasteiger partial charge in [-0.25, -0.2) is 0 Å². The van der Waals surface area contributed by atoms with Crippen LogP contribution < -0.4 is 10.2 Å². The Morgan fingerprint density at radius 3 is 2.40 bits per heavy atom. The molecule has 1 fully saturated rings. The second kappa shape index (κ2) is 9.23. The van der Waals surface area contributed by atoms with Crippen molar-refractivity contribution in [3.63, 3.8) is 0 Å². The second-order valence-electron chi connectivity index (χ2n) is 9.83. The van der Waals surface area contributed by atoms with Gasteiger partial charge in [0.1, 0.15) is 5.37 Å². The van der Waals surface area contributed by atoms with Crippen LogP contribution in [0.3, 0.4) is 0 Å². The molecule has 4 aromatic rings. The smallest absolute Gasteiger partial charge is 0.256 e. The molecule has 4 aromatic carbocycles. The quantitative estimate of drug-likeness (QED) is 0.337. The highest BCUT2D eigenvalue weighted by Crippen LogP contribution is 2.42. The van der Waals surface area contributed by atoms with Crippen molar-refractivity contribution in [3.8, 4) is 0 Å². The fourth-order valence-electron chi connectivity index (χ4n) is 4.46. The number of carbonyl (C=O) groups is 2. The first-order chi connectivity index (χ1) is 16.8. The van der Waals surface area contributed by atoms with Crippen molar-refractivity contribution in [3.05, 3.63) is 108 Å². The molecule has 5 rings (SSSR count). The number of nitrogens with zero attached hydrogens (tertiary/aromatic N) is 1. The molecule has 0 bridgehead atoms. The third-order valence-electron chi connectivity index (χ3n) is 6.34. The average Bonchev–Trinajstić information content (AvgIpc) is 3.24. The molecule has 0 radical (unpaired) electrons. The van der Waals surface area contributed by atoms with E-state index in [1.165, 1.54) is 5.56 Å². The Morgan fingerprint density at radius 1 is 0.914 bits per heavy atom. The molecule has 1 saturated heterocycles. The van der Waals surface area contributed by atoms with E-state index in [2.05, 4.69) is 38.2 Å². The highest BCUT2D eigenvalue weighted by molar-refractivity contribution is 8.00. The molecule has 35 heavy (non-hydrogen) atoms. The molecule has 1 aliphatic heterocycles. The molecule has 176 valence electrons. The zero-order chi connectivity index (χ0) is 24.6. The summed E-state index contributed by atoms with van der Waals surface area (Å²) in [4.78, 5) is 27.8. The van der Waals surface area contributed by atoms with E-state index in [1.54, 1.807) is 11.8 Å². The molecule has 0 aromatic heterocycles. The van der Waals surface area contributed by atoms with Gasteiger partial charge in [-0.1, -0.05) is 81.4 Å². The molecule has 2 amide bonds. The number of fused-ring (bicyclic) bond motifs is 1. The van der Waals surface area contributed by atoms with Crippen LogP contribution >= 0.6 is 11.8 Å². The predicted molar refractivity (Wildman–Crippen MR) is 146 cm³/mol. The van der Waals surface area contributed by atoms with Crippen LogP contribution in [0, 0.1) is 0 Å². The predicted octanol–water partition coefficient (Wildman–Crippen LogP) is 7.17. The molecular weight excluding hydrogens is 452 g/mol. The number of nitrogens with one attached hydrogen (secondary N) is 1. The normalized spacial score (nSPS) is 16.0. The summed E-state index contributed by atoms with van der Waals surface area (Å²) in [5.41, 5.74) is 4.51. The topological polar surface area (TPSA) is 49.4 Å². The summed E-state index contributed by atoms with van der Waals surface area (Å²) in [6.45, 7) is 6.54. The lowest BCUT2D eigenvalue weighted by molar-refractivity contribution is -0.115. The van der Waals surface area contributed by atoms with Crippen LogP contribution in [-0.4, -0.2) is 17.6 Å². The van der Waals surface area contributed by atoms with Gasteiger partial charge in [-0.15, -0.1) is 11.8 Å². The first-order valence-electron chi connectivity index (χ1n) is 11.7. The average molecular weight is 481 g/mol. The molecule has 0 aliphatic carbocycles. The SMILES string of the molecule is CC(C)(C)c1ccc(N2C(=O)CS[C@@H]2c2cccc(NC(=O)c3cccc4ccccc34)c2)cc1. The largest absolute Gasteiger partial charge is 0.322 e. The molecule has 0 spiro atoms. The lowest BCUT2D eigenvalue weighted by Crippen LogP contribution is -2.28. The van der Waals surface area contributed by atoms with Gasteiger partial charge in [0.05, 0.1) is 5.75 Å². The number of carbonyl (C=O) groups excluding carboxylic acids is 2. The Morgan fingerprint density at radius 2 is 1.63 bits per heavy atom. The zero-order valence-corrected chi connectivity index (χ0v) is 20.9. The minimum atomic E-state index is -0.149. The van der Waals surface area contributed by atoms with Crippen LogP contribution in [-0.2, 0) is 10.2 Å². The Balaban J connectivity index is 1.40. The highest BCUT2D eigenvalue weighted by atomic mass is 32.2. The van der Waals surface area contributed by atoms with E-state index in [9.17, 15) is 9.59 Å². The fraction of sp³-hybridized carbons (Fsp3) is 0.200. The van der Waals surface area contributed by atoms with Crippen molar-refractivity contribution >= 4 is 45.7 Å². The van der Waals surface area contributed by atoms with Gasteiger partial charge in [-0.3, -0.25) is 14.5 Å². The van der Waals surface area contributed by atoms with Crippen LogP contribution in [0.4, 0.5) is 11.4 Å². The van der Waals surface area contributed by atoms with Crippen molar-refractivity contribution in [1.29, 1.82) is 0 Å². The standard InChI is InChI=1S/C30H28N2O2S/c1-30(2,3)22-14-16-24(17-15-22)32-27(33)19-35-29(32)21-10-6-11-23(18-21)31-28(34)26-13-7-9-20-8-4-5-12-25(20)26/h4-18,29H,19H2,1-3H3,(H,31,34)/t29-/m1/s1. The van der Waals surface area contributed by atoms with Crippen LogP contribution in [0.1, 0.15) is 47.6 Å². The number of amides is 2. The molecule has 4 nitrogen and oxygen atoms in total. The second-order valence-corrected chi connectivity index (χ2v) is 10.9. The van der Waals surface area contributed by atoms with Crippen molar-refractivity contribution in [1.82, 2.24) is 0 Å². The number of benzene rings is 4. The summed E-state index contributed by atoms with van der Waals surface area (Å²) >= 11 is 1.61. The summed E-state index contributed by atoms with van der Waals surface area (Å²) < 4.78 is 0. The van der Waals surface area contributed by atoms with Gasteiger partial charge in [0.25, 0.3) is 5.91 Å². The fourth-order valence-corrected chi connectivity index (χ4v) is 5.63. The van der Waals surface area contributed by atoms with Gasteiger partial charge in [0.15, 0.2) is 0 Å². The van der Waals surface area contributed by atoms with Crippen LogP contribution in [0.2, 0.25) is 0 Å². The van der Waals surface area contributed by atoms with Crippen molar-refractivity contribution in [2.75, 3.05) is 16.0 Å². The summed E-state index contributed by atoms with van der Waals surface area (Å²) in [7, 11) is 0. The third kappa shape index (κ3) is 4.69. The van der Waals surface area contributed by atoms with Crippen molar-refractivity contribution in [2.45, 2.75) is 31.6 Å². The van der Waals surface area contributed by atoms with E-state index in [1.807, 2.05) is 83.8 Å². The first kappa shape index (κ1) is 23.2. The lowest BCUT2D eigenvalue weighted by atomic mass is 9.87. The van der Waals surface area contributed by atoms with E-state index >= 15 is 0 Å². The Hall–Kier alpha value is -3.57. The van der Waals surface area contributed by atoms with E-state index in [0.29, 0.717) is 17.0 Å². The van der Waals surface area contributed by atoms with E-state index < -0.39 is 0 Å². The molecule has 5 heteroatoms. The minimum absolute atomic E-state index is 0.0539. The Bertz CT molecular complexity index is 1400. The summed E-state index contributed by atoms with van der Waals surface area (Å²) in [5.74, 6) is 0.371. The van der Waals surface area contributed by atoms with Crippen LogP contribution in [0.5, 0.6) is 0 Å². The maximum atomic E-state index is 13.1. The maximum Gasteiger partial charge on any atom is 0.256 e. The molecular formula is C30H28N2O2S. The molecule has 0 unspecified atom stereocenters. The van der Waals surface area contributed by atoms with Crippen molar-refractivity contribution in [2.24, 2.45) is 0 Å². The minimum Gasteiger partial charge on any atom is -0.322 e. The van der Waals surface area contributed by atoms with Gasteiger partial charge in [-0.05, 0) is 57.6 Å². The number of thioether (sulfide) groups is 1. The molecule has 1 aliphatic rings. The van der Waals surface area contributed by atoms with Gasteiger partial charge in [-0.2, -0.15) is 0 Å². The monoisotopic (exact) mass is 480 g/mol. The summed E-state index contributed by atoms with van der Waals surface area (Å²) in [6, 6.07) is 29.7. The van der Waals surface area contributed by atoms with Crippen LogP contribution in [0.25, 0.3) is 10.8 Å². The highest BCUT2D eigenvalue weighted by Gasteiger charge is 2.34. The molecule has 0 saturated carbocycles. The van der Waals surface area contributed by atoms with E-state index in [-0.39, 0.29) is 22.6 Å². The van der Waals surface area contributed by atoms with Crippen LogP contribution in [0.15, 0.2) is 91.0 Å². The molecule has 1 N–H and O–H groups in total. The van der Waals surface area contributed by atoms with E-state index in [0.717, 1.165) is 22.0 Å². The summed E-state index contributed by atoms with van der Waals surface area (Å²) in [6.07, 6.45) is 0. The number of hydrogen-bond donors (Lipinski definition) is 1. The third-order valence-corrected chi connectivity index (χ3v) is 7.56. The number of rotatable bonds is 4. The Labute approximate surface area is 210 Å². The summed E-state index contributed by atoms with van der Waals surface area (Å²) in [5, 5.41) is 4.86. The number of anilines is 2. The van der Waals surface area contributed by atoms with Gasteiger partial charge in [0, 0.05) is 16.9 Å². The van der Waals surface area contributed by atoms with Gasteiger partial charge in [0.2, 0.25) is 5.91 Å². The zero-order valence-electron chi connectivity index (χ0n) is 20.1. The van der Waals surface area contributed by atoms with Gasteiger partial charge >= 0.3 is 0 Å².